The first-order valence-corrected chi connectivity index (χ1v) is 7.16. The highest BCUT2D eigenvalue weighted by atomic mass is 19.3. The summed E-state index contributed by atoms with van der Waals surface area (Å²) in [7, 11) is 1.58. The van der Waals surface area contributed by atoms with Gasteiger partial charge >= 0.3 is 5.92 Å². The normalized spacial score (nSPS) is 19.6. The molecule has 4 heteroatoms. The third-order valence-corrected chi connectivity index (χ3v) is 4.12. The van der Waals surface area contributed by atoms with Gasteiger partial charge in [-0.05, 0) is 35.6 Å². The Morgan fingerprint density at radius 2 is 1.82 bits per heavy atom. The predicted octanol–water partition coefficient (Wildman–Crippen LogP) is 4.24. The number of hydrogen-bond donors (Lipinski definition) is 0. The van der Waals surface area contributed by atoms with Gasteiger partial charge in [-0.3, -0.25) is 4.79 Å². The Balaban J connectivity index is 1.92. The molecule has 3 rings (SSSR count). The molecule has 0 bridgehead atoms. The average Bonchev–Trinajstić information content (AvgIpc) is 2.53. The van der Waals surface area contributed by atoms with E-state index in [1.54, 1.807) is 25.3 Å². The molecule has 1 atom stereocenters. The number of ketones is 1. The number of carbonyl (C=O) groups is 1. The molecular formula is C18H16F2O2. The fourth-order valence-corrected chi connectivity index (χ4v) is 3.00. The number of ether oxygens (including phenoxy) is 1. The minimum atomic E-state index is -3.29. The number of rotatable bonds is 3. The van der Waals surface area contributed by atoms with Crippen molar-refractivity contribution >= 4 is 5.78 Å². The van der Waals surface area contributed by atoms with Crippen LogP contribution in [0.2, 0.25) is 0 Å². The zero-order valence-electron chi connectivity index (χ0n) is 12.2. The number of halogens is 2. The number of methoxy groups -OCH3 is 1. The molecule has 2 nitrogen and oxygen atoms in total. The van der Waals surface area contributed by atoms with Crippen LogP contribution in [-0.2, 0) is 6.42 Å². The highest BCUT2D eigenvalue weighted by Gasteiger charge is 2.47. The van der Waals surface area contributed by atoms with Crippen molar-refractivity contribution in [3.05, 3.63) is 65.2 Å². The third kappa shape index (κ3) is 2.61. The fourth-order valence-electron chi connectivity index (χ4n) is 3.00. The van der Waals surface area contributed by atoms with Crippen molar-refractivity contribution in [2.24, 2.45) is 0 Å². The number of alkyl halides is 2. The van der Waals surface area contributed by atoms with Gasteiger partial charge in [0.15, 0.2) is 0 Å². The molecule has 0 saturated carbocycles. The molecule has 0 radical (unpaired) electrons. The fraction of sp³-hybridized carbons (Fsp3) is 0.278. The van der Waals surface area contributed by atoms with Crippen LogP contribution in [0.1, 0.15) is 33.8 Å². The van der Waals surface area contributed by atoms with Crippen LogP contribution in [0.4, 0.5) is 8.78 Å². The molecule has 1 aliphatic carbocycles. The van der Waals surface area contributed by atoms with Crippen molar-refractivity contribution in [2.45, 2.75) is 24.7 Å². The molecule has 0 fully saturated rings. The first kappa shape index (κ1) is 14.7. The molecule has 0 amide bonds. The van der Waals surface area contributed by atoms with E-state index in [1.165, 1.54) is 6.07 Å². The molecular weight excluding hydrogens is 286 g/mol. The number of fused-ring (bicyclic) bond motifs is 1. The molecule has 2 aromatic carbocycles. The Labute approximate surface area is 127 Å². The first-order valence-electron chi connectivity index (χ1n) is 7.16. The number of benzene rings is 2. The quantitative estimate of drug-likeness (QED) is 0.847. The maximum absolute atomic E-state index is 14.0. The lowest BCUT2D eigenvalue weighted by molar-refractivity contribution is -0.00353. The summed E-state index contributed by atoms with van der Waals surface area (Å²) < 4.78 is 33.1. The minimum Gasteiger partial charge on any atom is -0.497 e. The van der Waals surface area contributed by atoms with Crippen LogP contribution < -0.4 is 4.74 Å². The van der Waals surface area contributed by atoms with Crippen molar-refractivity contribution in [1.29, 1.82) is 0 Å². The van der Waals surface area contributed by atoms with Crippen LogP contribution in [0.5, 0.6) is 5.75 Å². The summed E-state index contributed by atoms with van der Waals surface area (Å²) in [4.78, 5) is 11.9. The van der Waals surface area contributed by atoms with Crippen LogP contribution in [0.3, 0.4) is 0 Å². The Morgan fingerprint density at radius 1 is 1.14 bits per heavy atom. The van der Waals surface area contributed by atoms with Gasteiger partial charge in [0, 0.05) is 12.0 Å². The third-order valence-electron chi connectivity index (χ3n) is 4.12. The van der Waals surface area contributed by atoms with E-state index in [4.69, 9.17) is 4.74 Å². The summed E-state index contributed by atoms with van der Waals surface area (Å²) in [6.07, 6.45) is 0.0404. The molecule has 0 aromatic heterocycles. The van der Waals surface area contributed by atoms with Crippen LogP contribution in [0.15, 0.2) is 48.5 Å². The van der Waals surface area contributed by atoms with Gasteiger partial charge in [0.25, 0.3) is 0 Å². The summed E-state index contributed by atoms with van der Waals surface area (Å²) in [6, 6.07) is 14.0. The second-order valence-corrected chi connectivity index (χ2v) is 5.57. The lowest BCUT2D eigenvalue weighted by atomic mass is 9.77. The van der Waals surface area contributed by atoms with Crippen LogP contribution in [0, 0.1) is 0 Å². The van der Waals surface area contributed by atoms with Gasteiger partial charge in [0.2, 0.25) is 5.78 Å². The van der Waals surface area contributed by atoms with Crippen LogP contribution in [-0.4, -0.2) is 18.8 Å². The maximum Gasteiger partial charge on any atom is 0.310 e. The van der Waals surface area contributed by atoms with Crippen molar-refractivity contribution in [2.75, 3.05) is 7.11 Å². The highest BCUT2D eigenvalue weighted by Crippen LogP contribution is 2.41. The van der Waals surface area contributed by atoms with Gasteiger partial charge in [-0.25, -0.2) is 0 Å². The molecule has 22 heavy (non-hydrogen) atoms. The van der Waals surface area contributed by atoms with E-state index >= 15 is 0 Å². The Bertz CT molecular complexity index is 692. The Hall–Kier alpha value is -2.23. The molecule has 0 heterocycles. The van der Waals surface area contributed by atoms with E-state index in [0.29, 0.717) is 12.0 Å². The SMILES string of the molecule is COc1ccc(CC2CC(F)(F)C(=O)c3ccccc32)cc1. The van der Waals surface area contributed by atoms with Gasteiger partial charge in [-0.15, -0.1) is 0 Å². The highest BCUT2D eigenvalue weighted by molar-refractivity contribution is 6.03. The number of Topliss-reactive ketones (excluding diaryl/α,β-unsaturated/α-hetero) is 1. The van der Waals surface area contributed by atoms with E-state index in [9.17, 15) is 13.6 Å². The standard InChI is InChI=1S/C18H16F2O2/c1-22-14-8-6-12(7-9-14)10-13-11-18(19,20)17(21)16-5-3-2-4-15(13)16/h2-9,13H,10-11H2,1H3. The molecule has 0 spiro atoms. The first-order chi connectivity index (χ1) is 10.5. The number of hydrogen-bond acceptors (Lipinski definition) is 2. The van der Waals surface area contributed by atoms with Crippen LogP contribution >= 0.6 is 0 Å². The molecule has 114 valence electrons. The van der Waals surface area contributed by atoms with E-state index in [2.05, 4.69) is 0 Å². The molecule has 0 aliphatic heterocycles. The van der Waals surface area contributed by atoms with Gasteiger partial charge in [0.1, 0.15) is 5.75 Å². The topological polar surface area (TPSA) is 26.3 Å². The van der Waals surface area contributed by atoms with E-state index in [1.807, 2.05) is 24.3 Å². The number of carbonyl (C=O) groups excluding carboxylic acids is 1. The van der Waals surface area contributed by atoms with Crippen molar-refractivity contribution < 1.29 is 18.3 Å². The smallest absolute Gasteiger partial charge is 0.310 e. The summed E-state index contributed by atoms with van der Waals surface area (Å²) >= 11 is 0. The van der Waals surface area contributed by atoms with E-state index < -0.39 is 18.1 Å². The van der Waals surface area contributed by atoms with Crippen molar-refractivity contribution in [3.63, 3.8) is 0 Å². The Morgan fingerprint density at radius 3 is 2.50 bits per heavy atom. The average molecular weight is 302 g/mol. The minimum absolute atomic E-state index is 0.150. The van der Waals surface area contributed by atoms with E-state index in [-0.39, 0.29) is 11.5 Å². The van der Waals surface area contributed by atoms with Gasteiger partial charge in [-0.2, -0.15) is 8.78 Å². The van der Waals surface area contributed by atoms with Gasteiger partial charge in [0.05, 0.1) is 7.11 Å². The van der Waals surface area contributed by atoms with Crippen molar-refractivity contribution in [1.82, 2.24) is 0 Å². The van der Waals surface area contributed by atoms with Crippen LogP contribution in [0.25, 0.3) is 0 Å². The molecule has 1 unspecified atom stereocenters. The summed E-state index contributed by atoms with van der Waals surface area (Å²) in [5.41, 5.74) is 1.82. The molecule has 1 aliphatic rings. The van der Waals surface area contributed by atoms with E-state index in [0.717, 1.165) is 11.3 Å². The lowest BCUT2D eigenvalue weighted by Gasteiger charge is -2.30. The van der Waals surface area contributed by atoms with Gasteiger partial charge in [-0.1, -0.05) is 36.4 Å². The monoisotopic (exact) mass is 302 g/mol. The molecule has 0 N–H and O–H groups in total. The predicted molar refractivity (Wildman–Crippen MR) is 79.8 cm³/mol. The molecule has 0 saturated heterocycles. The second kappa shape index (κ2) is 5.52. The summed E-state index contributed by atoms with van der Waals surface area (Å²) in [5.74, 6) is -3.98. The van der Waals surface area contributed by atoms with Crippen molar-refractivity contribution in [3.8, 4) is 5.75 Å². The second-order valence-electron chi connectivity index (χ2n) is 5.57. The molecule has 2 aromatic rings. The zero-order chi connectivity index (χ0) is 15.7. The lowest BCUT2D eigenvalue weighted by Crippen LogP contribution is -2.36. The van der Waals surface area contributed by atoms with Gasteiger partial charge < -0.3 is 4.74 Å². The Kier molecular flexibility index (Phi) is 3.69. The largest absolute Gasteiger partial charge is 0.497 e. The summed E-state index contributed by atoms with van der Waals surface area (Å²) in [5, 5.41) is 0. The maximum atomic E-state index is 14.0. The summed E-state index contributed by atoms with van der Waals surface area (Å²) in [6.45, 7) is 0. The zero-order valence-corrected chi connectivity index (χ0v) is 12.2.